The maximum Gasteiger partial charge on any atom is 0.421 e. The van der Waals surface area contributed by atoms with Crippen LogP contribution in [0, 0.1) is 0 Å². The molecule has 0 aliphatic carbocycles. The molecule has 0 saturated heterocycles. The Balaban J connectivity index is 1.87. The molecule has 34 heavy (non-hydrogen) atoms. The van der Waals surface area contributed by atoms with Gasteiger partial charge in [0.05, 0.1) is 38.2 Å². The van der Waals surface area contributed by atoms with Gasteiger partial charge in [0.15, 0.2) is 0 Å². The lowest BCUT2D eigenvalue weighted by molar-refractivity contribution is -0.138. The fourth-order valence-electron chi connectivity index (χ4n) is 3.16. The number of anilines is 1. The summed E-state index contributed by atoms with van der Waals surface area (Å²) in [5, 5.41) is 11.0. The second kappa shape index (κ2) is 11.0. The van der Waals surface area contributed by atoms with Crippen LogP contribution in [0.5, 0.6) is 11.6 Å². The Kier molecular flexibility index (Phi) is 8.05. The molecule has 0 aliphatic rings. The number of pyridine rings is 1. The van der Waals surface area contributed by atoms with E-state index in [2.05, 4.69) is 20.5 Å². The van der Waals surface area contributed by atoms with Gasteiger partial charge >= 0.3 is 12.1 Å². The van der Waals surface area contributed by atoms with Crippen molar-refractivity contribution in [3.63, 3.8) is 0 Å². The molecule has 0 radical (unpaired) electrons. The Morgan fingerprint density at radius 3 is 2.56 bits per heavy atom. The van der Waals surface area contributed by atoms with E-state index in [4.69, 9.17) is 14.2 Å². The number of esters is 1. The van der Waals surface area contributed by atoms with Gasteiger partial charge in [-0.25, -0.2) is 9.78 Å². The second-order valence-electron chi connectivity index (χ2n) is 7.37. The SMILES string of the molecule is COC[C@H](C)Nc1ccc(Oc2ncc(CCn3nccn3)cc2C(F)(F)F)cc1C(=O)OC. The Bertz CT molecular complexity index is 1110. The van der Waals surface area contributed by atoms with Gasteiger partial charge in [0.25, 0.3) is 0 Å². The molecule has 0 aliphatic heterocycles. The van der Waals surface area contributed by atoms with E-state index in [-0.39, 0.29) is 23.8 Å². The van der Waals surface area contributed by atoms with Crippen molar-refractivity contribution in [1.82, 2.24) is 20.0 Å². The van der Waals surface area contributed by atoms with Gasteiger partial charge in [-0.1, -0.05) is 0 Å². The summed E-state index contributed by atoms with van der Waals surface area (Å²) in [5.41, 5.74) is -0.164. The van der Waals surface area contributed by atoms with Crippen molar-refractivity contribution < 1.29 is 32.2 Å². The van der Waals surface area contributed by atoms with Crippen molar-refractivity contribution in [2.45, 2.75) is 32.1 Å². The third-order valence-corrected chi connectivity index (χ3v) is 4.71. The molecule has 2 aromatic heterocycles. The zero-order valence-electron chi connectivity index (χ0n) is 18.8. The van der Waals surface area contributed by atoms with Crippen LogP contribution < -0.4 is 10.1 Å². The van der Waals surface area contributed by atoms with Crippen molar-refractivity contribution in [2.24, 2.45) is 0 Å². The number of hydrogen-bond donors (Lipinski definition) is 1. The maximum absolute atomic E-state index is 13.7. The first kappa shape index (κ1) is 25.0. The Morgan fingerprint density at radius 2 is 1.91 bits per heavy atom. The normalized spacial score (nSPS) is 12.3. The minimum Gasteiger partial charge on any atom is -0.465 e. The van der Waals surface area contributed by atoms with Crippen LogP contribution in [-0.4, -0.2) is 52.8 Å². The van der Waals surface area contributed by atoms with Crippen LogP contribution in [-0.2, 0) is 28.6 Å². The Morgan fingerprint density at radius 1 is 1.18 bits per heavy atom. The van der Waals surface area contributed by atoms with E-state index < -0.39 is 23.6 Å². The summed E-state index contributed by atoms with van der Waals surface area (Å²) in [7, 11) is 2.75. The summed E-state index contributed by atoms with van der Waals surface area (Å²) in [5.74, 6) is -1.31. The van der Waals surface area contributed by atoms with Crippen molar-refractivity contribution in [1.29, 1.82) is 0 Å². The van der Waals surface area contributed by atoms with Gasteiger partial charge in [-0.05, 0) is 43.2 Å². The zero-order chi connectivity index (χ0) is 24.7. The molecule has 9 nitrogen and oxygen atoms in total. The first-order valence-corrected chi connectivity index (χ1v) is 10.3. The highest BCUT2D eigenvalue weighted by Gasteiger charge is 2.36. The summed E-state index contributed by atoms with van der Waals surface area (Å²) in [6.45, 7) is 2.52. The molecular formula is C22H24F3N5O4. The van der Waals surface area contributed by atoms with Gasteiger partial charge in [-0.2, -0.15) is 28.2 Å². The van der Waals surface area contributed by atoms with Crippen LogP contribution in [0.15, 0.2) is 42.9 Å². The van der Waals surface area contributed by atoms with Gasteiger partial charge < -0.3 is 19.5 Å². The summed E-state index contributed by atoms with van der Waals surface area (Å²) in [6, 6.07) is 5.10. The smallest absolute Gasteiger partial charge is 0.421 e. The van der Waals surface area contributed by atoms with E-state index in [1.807, 2.05) is 6.92 Å². The summed E-state index contributed by atoms with van der Waals surface area (Å²) >= 11 is 0. The predicted molar refractivity (Wildman–Crippen MR) is 116 cm³/mol. The molecule has 0 amide bonds. The van der Waals surface area contributed by atoms with E-state index in [1.54, 1.807) is 7.11 Å². The first-order chi connectivity index (χ1) is 16.2. The minimum atomic E-state index is -4.70. The number of hydrogen-bond acceptors (Lipinski definition) is 8. The molecule has 12 heteroatoms. The summed E-state index contributed by atoms with van der Waals surface area (Å²) < 4.78 is 56.6. The van der Waals surface area contributed by atoms with Gasteiger partial charge in [-0.3, -0.25) is 0 Å². The standard InChI is InChI=1S/C22H24F3N5O4/c1-14(13-32-2)29-19-5-4-16(11-17(19)21(31)33-3)34-20-18(22(23,24)25)10-15(12-26-20)6-9-30-27-7-8-28-30/h4-5,7-8,10-12,14,29H,6,9,13H2,1-3H3/t14-/m0/s1. The lowest BCUT2D eigenvalue weighted by atomic mass is 10.1. The second-order valence-corrected chi connectivity index (χ2v) is 7.37. The van der Waals surface area contributed by atoms with Crippen molar-refractivity contribution in [3.8, 4) is 11.6 Å². The number of alkyl halides is 3. The molecule has 2 heterocycles. The number of nitrogens with one attached hydrogen (secondary N) is 1. The molecule has 1 aromatic carbocycles. The number of aromatic nitrogens is 4. The highest BCUT2D eigenvalue weighted by atomic mass is 19.4. The zero-order valence-corrected chi connectivity index (χ0v) is 18.8. The third-order valence-electron chi connectivity index (χ3n) is 4.71. The average molecular weight is 479 g/mol. The highest BCUT2D eigenvalue weighted by molar-refractivity contribution is 5.96. The van der Waals surface area contributed by atoms with Gasteiger partial charge in [-0.15, -0.1) is 0 Å². The van der Waals surface area contributed by atoms with E-state index in [1.165, 1.54) is 48.7 Å². The molecule has 1 N–H and O–H groups in total. The largest absolute Gasteiger partial charge is 0.465 e. The van der Waals surface area contributed by atoms with Crippen LogP contribution in [0.2, 0.25) is 0 Å². The molecule has 0 unspecified atom stereocenters. The first-order valence-electron chi connectivity index (χ1n) is 10.3. The minimum absolute atomic E-state index is 0.00293. The lowest BCUT2D eigenvalue weighted by Crippen LogP contribution is -2.22. The highest BCUT2D eigenvalue weighted by Crippen LogP contribution is 2.38. The van der Waals surface area contributed by atoms with Crippen LogP contribution >= 0.6 is 0 Å². The van der Waals surface area contributed by atoms with Crippen LogP contribution in [0.4, 0.5) is 18.9 Å². The molecule has 0 spiro atoms. The molecular weight excluding hydrogens is 455 g/mol. The van der Waals surface area contributed by atoms with E-state index in [9.17, 15) is 18.0 Å². The average Bonchev–Trinajstić information content (AvgIpc) is 3.32. The molecule has 1 atom stereocenters. The number of aryl methyl sites for hydroxylation is 2. The number of nitrogens with zero attached hydrogens (tertiary/aromatic N) is 4. The lowest BCUT2D eigenvalue weighted by Gasteiger charge is -2.18. The van der Waals surface area contributed by atoms with Gasteiger partial charge in [0.2, 0.25) is 5.88 Å². The van der Waals surface area contributed by atoms with Gasteiger partial charge in [0, 0.05) is 25.0 Å². The number of rotatable bonds is 10. The third kappa shape index (κ3) is 6.44. The van der Waals surface area contributed by atoms with Gasteiger partial charge in [0.1, 0.15) is 11.3 Å². The van der Waals surface area contributed by atoms with Crippen LogP contribution in [0.3, 0.4) is 0 Å². The summed E-state index contributed by atoms with van der Waals surface area (Å²) in [6.07, 6.45) is -0.185. The topological polar surface area (TPSA) is 100 Å². The van der Waals surface area contributed by atoms with E-state index in [0.29, 0.717) is 24.4 Å². The number of benzene rings is 1. The molecule has 3 aromatic rings. The Labute approximate surface area is 193 Å². The molecule has 182 valence electrons. The van der Waals surface area contributed by atoms with E-state index in [0.717, 1.165) is 6.07 Å². The maximum atomic E-state index is 13.7. The number of methoxy groups -OCH3 is 2. The van der Waals surface area contributed by atoms with Crippen molar-refractivity contribution in [2.75, 3.05) is 26.1 Å². The number of carbonyl (C=O) groups is 1. The van der Waals surface area contributed by atoms with Crippen molar-refractivity contribution >= 4 is 11.7 Å². The predicted octanol–water partition coefficient (Wildman–Crippen LogP) is 3.96. The Hall–Kier alpha value is -3.67. The number of halogens is 3. The summed E-state index contributed by atoms with van der Waals surface area (Å²) in [4.78, 5) is 17.5. The molecule has 0 fully saturated rings. The number of carbonyl (C=O) groups excluding carboxylic acids is 1. The van der Waals surface area contributed by atoms with E-state index >= 15 is 0 Å². The molecule has 0 saturated carbocycles. The fraction of sp³-hybridized carbons (Fsp3) is 0.364. The van der Waals surface area contributed by atoms with Crippen molar-refractivity contribution in [3.05, 3.63) is 59.5 Å². The van der Waals surface area contributed by atoms with Crippen LogP contribution in [0.1, 0.15) is 28.4 Å². The fourth-order valence-corrected chi connectivity index (χ4v) is 3.16. The number of ether oxygens (including phenoxy) is 3. The quantitative estimate of drug-likeness (QED) is 0.436. The molecule has 0 bridgehead atoms. The monoisotopic (exact) mass is 479 g/mol. The van der Waals surface area contributed by atoms with Crippen LogP contribution in [0.25, 0.3) is 0 Å². The molecule has 3 rings (SSSR count).